The molecule has 3 aromatic heterocycles. The quantitative estimate of drug-likeness (QED) is 0.393. The number of sulfone groups is 1. The summed E-state index contributed by atoms with van der Waals surface area (Å²) < 4.78 is 29.3. The highest BCUT2D eigenvalue weighted by Crippen LogP contribution is 2.51. The molecule has 4 heterocycles. The van der Waals surface area contributed by atoms with Gasteiger partial charge in [0.1, 0.15) is 17.7 Å². The van der Waals surface area contributed by atoms with E-state index in [1.807, 2.05) is 35.9 Å². The number of aryl methyl sites for hydroxylation is 1. The molecular weight excluding hydrogens is 512 g/mol. The zero-order valence-electron chi connectivity index (χ0n) is 23.0. The minimum Gasteiger partial charge on any atom is -0.353 e. The molecule has 1 aromatic carbocycles. The van der Waals surface area contributed by atoms with Gasteiger partial charge in [-0.15, -0.1) is 10.2 Å². The van der Waals surface area contributed by atoms with Gasteiger partial charge in [-0.2, -0.15) is 0 Å². The van der Waals surface area contributed by atoms with Crippen LogP contribution in [-0.4, -0.2) is 57.0 Å². The zero-order chi connectivity index (χ0) is 27.5. The van der Waals surface area contributed by atoms with Gasteiger partial charge in [0.2, 0.25) is 0 Å². The van der Waals surface area contributed by atoms with E-state index in [2.05, 4.69) is 40.0 Å². The van der Waals surface area contributed by atoms with Gasteiger partial charge in [-0.25, -0.2) is 8.42 Å². The van der Waals surface area contributed by atoms with E-state index in [0.717, 1.165) is 49.4 Å². The molecule has 39 heavy (non-hydrogen) atoms. The van der Waals surface area contributed by atoms with Crippen LogP contribution in [0.5, 0.6) is 0 Å². The third-order valence-corrected chi connectivity index (χ3v) is 9.69. The maximum atomic E-state index is 13.8. The minimum atomic E-state index is -3.60. The van der Waals surface area contributed by atoms with Gasteiger partial charge < -0.3 is 9.55 Å². The van der Waals surface area contributed by atoms with Crippen LogP contribution in [0.4, 0.5) is 0 Å². The van der Waals surface area contributed by atoms with Crippen molar-refractivity contribution in [2.24, 2.45) is 18.9 Å². The van der Waals surface area contributed by atoms with Crippen LogP contribution in [-0.2, 0) is 28.8 Å². The maximum Gasteiger partial charge on any atom is 0.279 e. The summed E-state index contributed by atoms with van der Waals surface area (Å²) in [6, 6.07) is 9.69. The fourth-order valence-corrected chi connectivity index (χ4v) is 7.69. The Kier molecular flexibility index (Phi) is 6.30. The number of likely N-dealkylation sites (tertiary alicyclic amines) is 1. The Morgan fingerprint density at radius 1 is 1.15 bits per heavy atom. The van der Waals surface area contributed by atoms with Crippen molar-refractivity contribution < 1.29 is 8.42 Å². The van der Waals surface area contributed by atoms with Gasteiger partial charge >= 0.3 is 0 Å². The van der Waals surface area contributed by atoms with E-state index in [1.54, 1.807) is 6.33 Å². The summed E-state index contributed by atoms with van der Waals surface area (Å²) in [4.78, 5) is 19.7. The zero-order valence-corrected chi connectivity index (χ0v) is 23.8. The van der Waals surface area contributed by atoms with Crippen molar-refractivity contribution in [1.82, 2.24) is 29.2 Å². The molecule has 10 heteroatoms. The molecule has 0 radical (unpaired) electrons. The van der Waals surface area contributed by atoms with E-state index >= 15 is 0 Å². The number of benzene rings is 1. The second-order valence-electron chi connectivity index (χ2n) is 11.9. The maximum absolute atomic E-state index is 13.8. The summed E-state index contributed by atoms with van der Waals surface area (Å²) in [6.45, 7) is 7.14. The van der Waals surface area contributed by atoms with Crippen molar-refractivity contribution in [3.63, 3.8) is 0 Å². The highest BCUT2D eigenvalue weighted by Gasteiger charge is 2.48. The molecule has 1 saturated heterocycles. The molecule has 0 amide bonds. The average molecular weight is 549 g/mol. The summed E-state index contributed by atoms with van der Waals surface area (Å²) in [5.74, 6) is 2.07. The summed E-state index contributed by atoms with van der Waals surface area (Å²) >= 11 is 0. The predicted octanol–water partition coefficient (Wildman–Crippen LogP) is 3.80. The van der Waals surface area contributed by atoms with Crippen LogP contribution in [0.15, 0.2) is 52.5 Å². The summed E-state index contributed by atoms with van der Waals surface area (Å²) in [5.41, 5.74) is 2.31. The molecule has 0 unspecified atom stereocenters. The summed E-state index contributed by atoms with van der Waals surface area (Å²) in [7, 11) is -1.65. The van der Waals surface area contributed by atoms with Crippen LogP contribution in [0.1, 0.15) is 56.6 Å². The topological polar surface area (TPSA) is 106 Å². The molecule has 6 rings (SSSR count). The number of nitrogens with zero attached hydrogens (tertiary/aromatic N) is 5. The Labute approximate surface area is 228 Å². The van der Waals surface area contributed by atoms with Gasteiger partial charge in [0.05, 0.1) is 10.3 Å². The first kappa shape index (κ1) is 26.0. The van der Waals surface area contributed by atoms with Gasteiger partial charge in [-0.05, 0) is 67.8 Å². The molecule has 9 nitrogen and oxygen atoms in total. The number of hydrogen-bond donors (Lipinski definition) is 1. The average Bonchev–Trinajstić information content (AvgIpc) is 3.48. The number of piperidine rings is 1. The molecular formula is C29H36N6O3S. The summed E-state index contributed by atoms with van der Waals surface area (Å²) in [6.07, 6.45) is 8.63. The molecule has 1 aliphatic carbocycles. The Morgan fingerprint density at radius 2 is 1.95 bits per heavy atom. The molecule has 0 spiro atoms. The fraction of sp³-hybridized carbons (Fsp3) is 0.483. The van der Waals surface area contributed by atoms with Crippen LogP contribution in [0.2, 0.25) is 0 Å². The third-order valence-electron chi connectivity index (χ3n) is 8.56. The molecule has 1 aliphatic heterocycles. The van der Waals surface area contributed by atoms with Crippen LogP contribution in [0.25, 0.3) is 16.6 Å². The van der Waals surface area contributed by atoms with Crippen molar-refractivity contribution in [2.45, 2.75) is 56.4 Å². The number of nitrogens with one attached hydrogen (secondary N) is 1. The lowest BCUT2D eigenvalue weighted by atomic mass is 9.58. The Balaban J connectivity index is 1.46. The van der Waals surface area contributed by atoms with Gasteiger partial charge in [0.25, 0.3) is 5.56 Å². The largest absolute Gasteiger partial charge is 0.353 e. The van der Waals surface area contributed by atoms with Gasteiger partial charge in [0.15, 0.2) is 9.84 Å². The lowest BCUT2D eigenvalue weighted by molar-refractivity contribution is 0.175. The first-order chi connectivity index (χ1) is 18.5. The predicted molar refractivity (Wildman–Crippen MR) is 151 cm³/mol. The molecule has 2 aliphatic rings. The van der Waals surface area contributed by atoms with Crippen molar-refractivity contribution in [3.8, 4) is 5.69 Å². The molecule has 2 fully saturated rings. The number of aromatic nitrogens is 5. The molecule has 206 valence electrons. The lowest BCUT2D eigenvalue weighted by Gasteiger charge is -2.46. The van der Waals surface area contributed by atoms with E-state index in [1.165, 1.54) is 23.4 Å². The molecule has 4 aromatic rings. The van der Waals surface area contributed by atoms with Gasteiger partial charge in [-0.1, -0.05) is 26.0 Å². The second-order valence-corrected chi connectivity index (χ2v) is 13.9. The Morgan fingerprint density at radius 3 is 2.62 bits per heavy atom. The first-order valence-electron chi connectivity index (χ1n) is 13.7. The minimum absolute atomic E-state index is 0.150. The van der Waals surface area contributed by atoms with Gasteiger partial charge in [-0.3, -0.25) is 14.3 Å². The Bertz CT molecular complexity index is 1710. The van der Waals surface area contributed by atoms with Crippen molar-refractivity contribution in [3.05, 3.63) is 70.3 Å². The highest BCUT2D eigenvalue weighted by molar-refractivity contribution is 7.91. The lowest BCUT2D eigenvalue weighted by Crippen LogP contribution is -2.43. The SMILES string of the molecule is CC1CC(c2cccc(-n3cc(S(C)(=O)=O)c4cc(CN5CCC[C@H](C)C5)[nH]c4c3=O)c2)(c2nncn2C)C1. The van der Waals surface area contributed by atoms with E-state index in [9.17, 15) is 13.2 Å². The first-order valence-corrected chi connectivity index (χ1v) is 15.6. The van der Waals surface area contributed by atoms with Crippen LogP contribution < -0.4 is 5.56 Å². The van der Waals surface area contributed by atoms with E-state index in [4.69, 9.17) is 0 Å². The van der Waals surface area contributed by atoms with Crippen molar-refractivity contribution in [1.29, 1.82) is 0 Å². The molecule has 1 N–H and O–H groups in total. The van der Waals surface area contributed by atoms with Gasteiger partial charge in [0, 0.05) is 49.4 Å². The number of aromatic amines is 1. The summed E-state index contributed by atoms with van der Waals surface area (Å²) in [5, 5.41) is 9.02. The Hall–Kier alpha value is -3.24. The number of rotatable bonds is 6. The smallest absolute Gasteiger partial charge is 0.279 e. The van der Waals surface area contributed by atoms with E-state index in [-0.39, 0.29) is 15.9 Å². The van der Waals surface area contributed by atoms with Crippen LogP contribution in [0, 0.1) is 11.8 Å². The van der Waals surface area contributed by atoms with E-state index < -0.39 is 9.84 Å². The number of hydrogen-bond acceptors (Lipinski definition) is 6. The fourth-order valence-electron chi connectivity index (χ4n) is 6.83. The molecule has 1 saturated carbocycles. The third kappa shape index (κ3) is 4.53. The van der Waals surface area contributed by atoms with Crippen molar-refractivity contribution in [2.75, 3.05) is 19.3 Å². The number of pyridine rings is 1. The molecule has 0 bridgehead atoms. The van der Waals surface area contributed by atoms with Crippen LogP contribution >= 0.6 is 0 Å². The number of fused-ring (bicyclic) bond motifs is 1. The van der Waals surface area contributed by atoms with Crippen LogP contribution in [0.3, 0.4) is 0 Å². The highest BCUT2D eigenvalue weighted by atomic mass is 32.2. The second kappa shape index (κ2) is 9.45. The van der Waals surface area contributed by atoms with E-state index in [0.29, 0.717) is 35.0 Å². The monoisotopic (exact) mass is 548 g/mol. The number of H-pyrrole nitrogens is 1. The van der Waals surface area contributed by atoms with Crippen molar-refractivity contribution >= 4 is 20.7 Å². The normalized spacial score (nSPS) is 24.2. The standard InChI is InChI=1S/C29H36N6O3S/c1-19-7-6-10-34(15-19)16-22-12-24-25(39(4,37)38)17-35(27(36)26(24)31-22)23-9-5-8-21(11-23)29(13-20(2)14-29)28-32-30-18-33(28)3/h5,8-9,11-12,17-20,31H,6-7,10,13-16H2,1-4H3/t19-,20?,29?/m0/s1. The molecule has 1 atom stereocenters.